The van der Waals surface area contributed by atoms with Crippen LogP contribution in [0.5, 0.6) is 0 Å². The van der Waals surface area contributed by atoms with Gasteiger partial charge in [-0.15, -0.1) is 0 Å². The minimum absolute atomic E-state index is 0.705. The minimum atomic E-state index is -1.18. The zero-order valence-corrected chi connectivity index (χ0v) is 15.1. The first kappa shape index (κ1) is 16.0. The number of anilines is 1. The summed E-state index contributed by atoms with van der Waals surface area (Å²) < 4.78 is 0. The molecule has 0 saturated heterocycles. The maximum atomic E-state index is 11.7. The Labute approximate surface area is 158 Å². The van der Waals surface area contributed by atoms with Crippen molar-refractivity contribution in [2.45, 2.75) is 12.5 Å². The molecular weight excluding hydrogens is 332 g/mol. The largest absolute Gasteiger partial charge is 0.376 e. The first-order valence-corrected chi connectivity index (χ1v) is 9.17. The number of aryl methyl sites for hydroxylation is 1. The SMILES string of the molecule is Cc1ccc(C2=NC3=CC(O)(c4ccccc4)c4ccccc4N3C2)cc1. The molecule has 0 radical (unpaired) electrons. The summed E-state index contributed by atoms with van der Waals surface area (Å²) in [5, 5.41) is 11.7. The molecule has 2 aliphatic rings. The fourth-order valence-electron chi connectivity index (χ4n) is 3.91. The Kier molecular flexibility index (Phi) is 3.52. The molecule has 0 fully saturated rings. The summed E-state index contributed by atoms with van der Waals surface area (Å²) in [6.07, 6.45) is 1.88. The zero-order chi connectivity index (χ0) is 18.4. The summed E-state index contributed by atoms with van der Waals surface area (Å²) >= 11 is 0. The molecule has 2 aliphatic heterocycles. The normalized spacial score (nSPS) is 20.6. The van der Waals surface area contributed by atoms with E-state index in [0.29, 0.717) is 6.54 Å². The molecule has 0 aliphatic carbocycles. The lowest BCUT2D eigenvalue weighted by Gasteiger charge is -2.36. The van der Waals surface area contributed by atoms with E-state index in [1.165, 1.54) is 5.56 Å². The van der Waals surface area contributed by atoms with E-state index in [0.717, 1.165) is 33.9 Å². The van der Waals surface area contributed by atoms with Crippen LogP contribution in [0, 0.1) is 6.92 Å². The highest BCUT2D eigenvalue weighted by atomic mass is 16.3. The maximum absolute atomic E-state index is 11.7. The van der Waals surface area contributed by atoms with Crippen molar-refractivity contribution in [2.75, 3.05) is 11.4 Å². The van der Waals surface area contributed by atoms with E-state index >= 15 is 0 Å². The Bertz CT molecular complexity index is 1070. The van der Waals surface area contributed by atoms with Crippen molar-refractivity contribution in [2.24, 2.45) is 4.99 Å². The third-order valence-corrected chi connectivity index (χ3v) is 5.38. The van der Waals surface area contributed by atoms with Gasteiger partial charge >= 0.3 is 0 Å². The van der Waals surface area contributed by atoms with Gasteiger partial charge in [-0.2, -0.15) is 0 Å². The third kappa shape index (κ3) is 2.51. The summed E-state index contributed by atoms with van der Waals surface area (Å²) in [5.74, 6) is 0.802. The quantitative estimate of drug-likeness (QED) is 0.742. The van der Waals surface area contributed by atoms with Crippen LogP contribution in [0.15, 0.2) is 95.8 Å². The number of nitrogens with zero attached hydrogens (tertiary/aromatic N) is 2. The van der Waals surface area contributed by atoms with E-state index in [1.54, 1.807) is 0 Å². The van der Waals surface area contributed by atoms with Gasteiger partial charge in [-0.3, -0.25) is 0 Å². The van der Waals surface area contributed by atoms with Gasteiger partial charge in [0, 0.05) is 11.3 Å². The van der Waals surface area contributed by atoms with Crippen LogP contribution in [0.2, 0.25) is 0 Å². The average Bonchev–Trinajstić information content (AvgIpc) is 3.13. The van der Waals surface area contributed by atoms with E-state index in [1.807, 2.05) is 54.6 Å². The van der Waals surface area contributed by atoms with Crippen molar-refractivity contribution in [3.63, 3.8) is 0 Å². The highest BCUT2D eigenvalue weighted by Crippen LogP contribution is 2.44. The summed E-state index contributed by atoms with van der Waals surface area (Å²) in [6, 6.07) is 26.3. The van der Waals surface area contributed by atoms with Crippen LogP contribution in [0.4, 0.5) is 5.69 Å². The van der Waals surface area contributed by atoms with Crippen LogP contribution in [-0.4, -0.2) is 17.4 Å². The third-order valence-electron chi connectivity index (χ3n) is 5.38. The van der Waals surface area contributed by atoms with Gasteiger partial charge in [0.25, 0.3) is 0 Å². The molecule has 0 aromatic heterocycles. The fraction of sp³-hybridized carbons (Fsp3) is 0.125. The number of hydrogen-bond acceptors (Lipinski definition) is 3. The van der Waals surface area contributed by atoms with Gasteiger partial charge in [-0.05, 0) is 30.2 Å². The molecule has 3 heteroatoms. The summed E-state index contributed by atoms with van der Waals surface area (Å²) in [6.45, 7) is 2.79. The first-order valence-electron chi connectivity index (χ1n) is 9.17. The molecule has 1 atom stereocenters. The van der Waals surface area contributed by atoms with E-state index < -0.39 is 5.60 Å². The highest BCUT2D eigenvalue weighted by Gasteiger charge is 2.40. The smallest absolute Gasteiger partial charge is 0.139 e. The molecule has 2 heterocycles. The molecule has 3 aromatic carbocycles. The molecule has 1 unspecified atom stereocenters. The number of para-hydroxylation sites is 1. The number of rotatable bonds is 2. The van der Waals surface area contributed by atoms with Crippen LogP contribution >= 0.6 is 0 Å². The number of aliphatic hydroxyl groups is 1. The number of hydrogen-bond donors (Lipinski definition) is 1. The van der Waals surface area contributed by atoms with E-state index in [2.05, 4.69) is 42.2 Å². The molecule has 1 N–H and O–H groups in total. The summed E-state index contributed by atoms with van der Waals surface area (Å²) in [4.78, 5) is 7.06. The van der Waals surface area contributed by atoms with Gasteiger partial charge in [0.05, 0.1) is 12.3 Å². The monoisotopic (exact) mass is 352 g/mol. The molecule has 0 spiro atoms. The first-order chi connectivity index (χ1) is 13.1. The Morgan fingerprint density at radius 3 is 2.37 bits per heavy atom. The zero-order valence-electron chi connectivity index (χ0n) is 15.1. The molecular formula is C24H20N2O. The molecule has 0 amide bonds. The predicted octanol–water partition coefficient (Wildman–Crippen LogP) is 4.40. The second kappa shape index (κ2) is 5.93. The van der Waals surface area contributed by atoms with Crippen LogP contribution in [-0.2, 0) is 5.60 Å². The van der Waals surface area contributed by atoms with E-state index in [9.17, 15) is 5.11 Å². The summed E-state index contributed by atoms with van der Waals surface area (Å²) in [7, 11) is 0. The predicted molar refractivity (Wildman–Crippen MR) is 109 cm³/mol. The van der Waals surface area contributed by atoms with Crippen molar-refractivity contribution >= 4 is 11.4 Å². The number of aliphatic imine (C=N–C) groups is 1. The molecule has 0 saturated carbocycles. The molecule has 3 aromatic rings. The maximum Gasteiger partial charge on any atom is 0.139 e. The van der Waals surface area contributed by atoms with Gasteiger partial charge < -0.3 is 10.0 Å². The molecule has 27 heavy (non-hydrogen) atoms. The second-order valence-corrected chi connectivity index (χ2v) is 7.16. The van der Waals surface area contributed by atoms with Crippen LogP contribution in [0.25, 0.3) is 0 Å². The van der Waals surface area contributed by atoms with Crippen molar-refractivity contribution in [1.82, 2.24) is 0 Å². The standard InChI is InChI=1S/C24H20N2O/c1-17-11-13-18(14-12-17)21-16-26-22-10-6-5-9-20(22)24(27,15-23(26)25-21)19-7-3-2-4-8-19/h2-15,27H,16H2,1H3. The van der Waals surface area contributed by atoms with Gasteiger partial charge in [0.1, 0.15) is 11.4 Å². The van der Waals surface area contributed by atoms with Crippen LogP contribution in [0.3, 0.4) is 0 Å². The topological polar surface area (TPSA) is 35.8 Å². The lowest BCUT2D eigenvalue weighted by Crippen LogP contribution is -2.35. The van der Waals surface area contributed by atoms with Crippen LogP contribution in [0.1, 0.15) is 22.3 Å². The van der Waals surface area contributed by atoms with E-state index in [-0.39, 0.29) is 0 Å². The van der Waals surface area contributed by atoms with Crippen molar-refractivity contribution < 1.29 is 5.11 Å². The lowest BCUT2D eigenvalue weighted by molar-refractivity contribution is 0.132. The van der Waals surface area contributed by atoms with Gasteiger partial charge in [-0.25, -0.2) is 4.99 Å². The Morgan fingerprint density at radius 1 is 0.889 bits per heavy atom. The Morgan fingerprint density at radius 2 is 1.59 bits per heavy atom. The number of fused-ring (bicyclic) bond motifs is 3. The number of benzene rings is 3. The molecule has 3 nitrogen and oxygen atoms in total. The van der Waals surface area contributed by atoms with E-state index in [4.69, 9.17) is 4.99 Å². The molecule has 132 valence electrons. The van der Waals surface area contributed by atoms with Crippen molar-refractivity contribution in [3.05, 3.63) is 113 Å². The molecule has 0 bridgehead atoms. The van der Waals surface area contributed by atoms with Crippen molar-refractivity contribution in [3.8, 4) is 0 Å². The van der Waals surface area contributed by atoms with Gasteiger partial charge in [0.2, 0.25) is 0 Å². The average molecular weight is 352 g/mol. The minimum Gasteiger partial charge on any atom is -0.376 e. The fourth-order valence-corrected chi connectivity index (χ4v) is 3.91. The van der Waals surface area contributed by atoms with Crippen LogP contribution < -0.4 is 4.90 Å². The van der Waals surface area contributed by atoms with Crippen molar-refractivity contribution in [1.29, 1.82) is 0 Å². The van der Waals surface area contributed by atoms with Gasteiger partial charge in [0.15, 0.2) is 0 Å². The lowest BCUT2D eigenvalue weighted by atomic mass is 9.83. The summed E-state index contributed by atoms with van der Waals surface area (Å²) in [5.41, 5.74) is 4.94. The van der Waals surface area contributed by atoms with Gasteiger partial charge in [-0.1, -0.05) is 78.4 Å². The highest BCUT2D eigenvalue weighted by molar-refractivity contribution is 6.07. The Balaban J connectivity index is 1.66. The molecule has 5 rings (SSSR count). The second-order valence-electron chi connectivity index (χ2n) is 7.16. The Hall–Kier alpha value is -3.17.